The zero-order valence-corrected chi connectivity index (χ0v) is 7.49. The second kappa shape index (κ2) is 3.87. The zero-order valence-electron chi connectivity index (χ0n) is 7.49. The normalized spacial score (nSPS) is 26.4. The van der Waals surface area contributed by atoms with E-state index in [1.165, 1.54) is 5.06 Å². The van der Waals surface area contributed by atoms with Crippen LogP contribution in [0.15, 0.2) is 0 Å². The van der Waals surface area contributed by atoms with Crippen LogP contribution in [-0.4, -0.2) is 34.8 Å². The molecular weight excluding hydrogens is 158 g/mol. The summed E-state index contributed by atoms with van der Waals surface area (Å²) < 4.78 is 0. The van der Waals surface area contributed by atoms with E-state index in [4.69, 9.17) is 9.94 Å². The molecule has 0 spiro atoms. The summed E-state index contributed by atoms with van der Waals surface area (Å²) in [6.07, 6.45) is 0.770. The molecule has 1 amide bonds. The standard InChI is InChI=1S/C8H15NO3/c1-3-7-4-8(11)9(12-7)5-6(2)10/h6-7,10H,3-5H2,1-2H3. The first-order chi connectivity index (χ1) is 5.63. The third-order valence-corrected chi connectivity index (χ3v) is 1.84. The molecule has 0 bridgehead atoms. The summed E-state index contributed by atoms with van der Waals surface area (Å²) in [5.74, 6) is -0.0252. The molecular formula is C8H15NO3. The summed E-state index contributed by atoms with van der Waals surface area (Å²) in [6, 6.07) is 0. The van der Waals surface area contributed by atoms with Gasteiger partial charge in [-0.15, -0.1) is 0 Å². The molecule has 1 aliphatic heterocycles. The van der Waals surface area contributed by atoms with Gasteiger partial charge in [0.15, 0.2) is 0 Å². The average molecular weight is 173 g/mol. The van der Waals surface area contributed by atoms with Crippen molar-refractivity contribution in [2.45, 2.75) is 38.9 Å². The first-order valence-electron chi connectivity index (χ1n) is 4.28. The third kappa shape index (κ3) is 2.19. The van der Waals surface area contributed by atoms with Crippen molar-refractivity contribution in [2.24, 2.45) is 0 Å². The molecule has 1 fully saturated rings. The van der Waals surface area contributed by atoms with Crippen LogP contribution in [0.4, 0.5) is 0 Å². The third-order valence-electron chi connectivity index (χ3n) is 1.84. The lowest BCUT2D eigenvalue weighted by molar-refractivity contribution is -0.179. The molecule has 1 aliphatic rings. The highest BCUT2D eigenvalue weighted by Crippen LogP contribution is 2.17. The van der Waals surface area contributed by atoms with Crippen LogP contribution in [-0.2, 0) is 9.63 Å². The maximum absolute atomic E-state index is 11.2. The second-order valence-electron chi connectivity index (χ2n) is 3.14. The van der Waals surface area contributed by atoms with Gasteiger partial charge in [-0.3, -0.25) is 9.63 Å². The van der Waals surface area contributed by atoms with Crippen LogP contribution >= 0.6 is 0 Å². The number of carbonyl (C=O) groups excluding carboxylic acids is 1. The monoisotopic (exact) mass is 173 g/mol. The van der Waals surface area contributed by atoms with Crippen molar-refractivity contribution >= 4 is 5.91 Å². The molecule has 2 atom stereocenters. The predicted molar refractivity (Wildman–Crippen MR) is 43.2 cm³/mol. The van der Waals surface area contributed by atoms with E-state index in [1.807, 2.05) is 6.92 Å². The van der Waals surface area contributed by atoms with Crippen molar-refractivity contribution < 1.29 is 14.7 Å². The number of hydroxylamine groups is 2. The van der Waals surface area contributed by atoms with E-state index in [0.29, 0.717) is 6.42 Å². The van der Waals surface area contributed by atoms with E-state index in [0.717, 1.165) is 6.42 Å². The maximum Gasteiger partial charge on any atom is 0.248 e. The highest BCUT2D eigenvalue weighted by Gasteiger charge is 2.30. The Bertz CT molecular complexity index is 170. The minimum absolute atomic E-state index is 0.0104. The highest BCUT2D eigenvalue weighted by molar-refractivity contribution is 5.77. The Morgan fingerprint density at radius 3 is 2.92 bits per heavy atom. The van der Waals surface area contributed by atoms with Gasteiger partial charge in [0, 0.05) is 0 Å². The fourth-order valence-corrected chi connectivity index (χ4v) is 1.18. The second-order valence-corrected chi connectivity index (χ2v) is 3.14. The molecule has 1 saturated heterocycles. The lowest BCUT2D eigenvalue weighted by Gasteiger charge is -2.16. The molecule has 0 radical (unpaired) electrons. The first kappa shape index (κ1) is 9.48. The van der Waals surface area contributed by atoms with Gasteiger partial charge in [-0.05, 0) is 13.3 Å². The van der Waals surface area contributed by atoms with Crippen LogP contribution in [0.3, 0.4) is 0 Å². The van der Waals surface area contributed by atoms with Gasteiger partial charge in [0.2, 0.25) is 5.91 Å². The van der Waals surface area contributed by atoms with Crippen molar-refractivity contribution in [3.63, 3.8) is 0 Å². The maximum atomic E-state index is 11.2. The van der Waals surface area contributed by atoms with E-state index in [2.05, 4.69) is 0 Å². The van der Waals surface area contributed by atoms with Crippen LogP contribution in [0.5, 0.6) is 0 Å². The van der Waals surface area contributed by atoms with Gasteiger partial charge in [-0.2, -0.15) is 0 Å². The fraction of sp³-hybridized carbons (Fsp3) is 0.875. The van der Waals surface area contributed by atoms with E-state index < -0.39 is 6.10 Å². The first-order valence-corrected chi connectivity index (χ1v) is 4.28. The predicted octanol–water partition coefficient (Wildman–Crippen LogP) is 0.310. The van der Waals surface area contributed by atoms with E-state index in [1.54, 1.807) is 6.92 Å². The zero-order chi connectivity index (χ0) is 9.14. The van der Waals surface area contributed by atoms with Gasteiger partial charge in [0.25, 0.3) is 0 Å². The van der Waals surface area contributed by atoms with Crippen molar-refractivity contribution in [1.82, 2.24) is 5.06 Å². The number of rotatable bonds is 3. The number of aliphatic hydroxyl groups is 1. The summed E-state index contributed by atoms with van der Waals surface area (Å²) in [5.41, 5.74) is 0. The highest BCUT2D eigenvalue weighted by atomic mass is 16.7. The number of hydrogen-bond donors (Lipinski definition) is 1. The Morgan fingerprint density at radius 2 is 2.50 bits per heavy atom. The molecule has 1 N–H and O–H groups in total. The molecule has 2 unspecified atom stereocenters. The van der Waals surface area contributed by atoms with Crippen LogP contribution in [0.1, 0.15) is 26.7 Å². The molecule has 4 nitrogen and oxygen atoms in total. The summed E-state index contributed by atoms with van der Waals surface area (Å²) in [7, 11) is 0. The summed E-state index contributed by atoms with van der Waals surface area (Å²) >= 11 is 0. The van der Waals surface area contributed by atoms with Crippen LogP contribution in [0, 0.1) is 0 Å². The molecule has 12 heavy (non-hydrogen) atoms. The topological polar surface area (TPSA) is 49.8 Å². The molecule has 0 aromatic carbocycles. The van der Waals surface area contributed by atoms with Gasteiger partial charge in [-0.1, -0.05) is 6.92 Å². The Kier molecular flexibility index (Phi) is 3.05. The van der Waals surface area contributed by atoms with Gasteiger partial charge in [-0.25, -0.2) is 5.06 Å². The Labute approximate surface area is 72.1 Å². The van der Waals surface area contributed by atoms with Gasteiger partial charge >= 0.3 is 0 Å². The Hall–Kier alpha value is -0.610. The van der Waals surface area contributed by atoms with Gasteiger partial charge in [0.1, 0.15) is 0 Å². The van der Waals surface area contributed by atoms with Crippen molar-refractivity contribution in [1.29, 1.82) is 0 Å². The van der Waals surface area contributed by atoms with Crippen molar-refractivity contribution in [3.05, 3.63) is 0 Å². The van der Waals surface area contributed by atoms with Crippen molar-refractivity contribution in [3.8, 4) is 0 Å². The molecule has 1 rings (SSSR count). The average Bonchev–Trinajstić information content (AvgIpc) is 2.31. The largest absolute Gasteiger partial charge is 0.391 e. The molecule has 0 aromatic heterocycles. The molecule has 70 valence electrons. The minimum Gasteiger partial charge on any atom is -0.391 e. The Morgan fingerprint density at radius 1 is 1.83 bits per heavy atom. The van der Waals surface area contributed by atoms with Gasteiger partial charge in [0.05, 0.1) is 25.2 Å². The van der Waals surface area contributed by atoms with Gasteiger partial charge < -0.3 is 5.11 Å². The SMILES string of the molecule is CCC1CC(=O)N(CC(C)O)O1. The number of nitrogens with zero attached hydrogens (tertiary/aromatic N) is 1. The van der Waals surface area contributed by atoms with Crippen molar-refractivity contribution in [2.75, 3.05) is 6.54 Å². The van der Waals surface area contributed by atoms with E-state index >= 15 is 0 Å². The van der Waals surface area contributed by atoms with Crippen LogP contribution in [0.2, 0.25) is 0 Å². The number of β-amino-alcohol motifs (C(OH)–C–C–N with tert-alkyl or cyclic N) is 1. The smallest absolute Gasteiger partial charge is 0.248 e. The number of hydrogen-bond acceptors (Lipinski definition) is 3. The van der Waals surface area contributed by atoms with E-state index in [-0.39, 0.29) is 18.6 Å². The van der Waals surface area contributed by atoms with Crippen LogP contribution < -0.4 is 0 Å². The molecule has 0 saturated carbocycles. The Balaban J connectivity index is 2.41. The number of carbonyl (C=O) groups is 1. The lowest BCUT2D eigenvalue weighted by Crippen LogP contribution is -2.31. The summed E-state index contributed by atoms with van der Waals surface area (Å²) in [5, 5.41) is 10.3. The minimum atomic E-state index is -0.524. The fourth-order valence-electron chi connectivity index (χ4n) is 1.18. The quantitative estimate of drug-likeness (QED) is 0.668. The molecule has 1 heterocycles. The van der Waals surface area contributed by atoms with Crippen LogP contribution in [0.25, 0.3) is 0 Å². The number of aliphatic hydroxyl groups excluding tert-OH is 1. The molecule has 0 aromatic rings. The molecule has 4 heteroatoms. The summed E-state index contributed by atoms with van der Waals surface area (Å²) in [4.78, 5) is 16.4. The number of amides is 1. The summed E-state index contributed by atoms with van der Waals surface area (Å²) in [6.45, 7) is 3.88. The lowest BCUT2D eigenvalue weighted by atomic mass is 10.2. The molecule has 0 aliphatic carbocycles. The van der Waals surface area contributed by atoms with E-state index in [9.17, 15) is 4.79 Å².